The van der Waals surface area contributed by atoms with E-state index < -0.39 is 0 Å². The van der Waals surface area contributed by atoms with Gasteiger partial charge >= 0.3 is 0 Å². The van der Waals surface area contributed by atoms with Gasteiger partial charge in [-0.1, -0.05) is 22.6 Å². The van der Waals surface area contributed by atoms with Crippen LogP contribution in [0.25, 0.3) is 0 Å². The second-order valence-electron chi connectivity index (χ2n) is 3.17. The van der Waals surface area contributed by atoms with Crippen molar-refractivity contribution in [1.82, 2.24) is 4.98 Å². The zero-order chi connectivity index (χ0) is 8.55. The highest BCUT2D eigenvalue weighted by Gasteiger charge is 2.17. The summed E-state index contributed by atoms with van der Waals surface area (Å²) < 4.78 is 0.775. The van der Waals surface area contributed by atoms with Gasteiger partial charge in [-0.25, -0.2) is 4.98 Å². The number of anilines is 1. The molecule has 1 aliphatic carbocycles. The molecule has 2 N–H and O–H groups in total. The van der Waals surface area contributed by atoms with Crippen molar-refractivity contribution in [3.63, 3.8) is 0 Å². The Morgan fingerprint density at radius 2 is 2.42 bits per heavy atom. The maximum atomic E-state index is 5.77. The fourth-order valence-electron chi connectivity index (χ4n) is 1.67. The van der Waals surface area contributed by atoms with E-state index in [1.165, 1.54) is 17.5 Å². The van der Waals surface area contributed by atoms with Crippen LogP contribution in [0.15, 0.2) is 12.3 Å². The number of pyridine rings is 1. The monoisotopic (exact) mass is 274 g/mol. The molecule has 1 aliphatic rings. The summed E-state index contributed by atoms with van der Waals surface area (Å²) in [6.45, 7) is 0. The lowest BCUT2D eigenvalue weighted by Gasteiger charge is -2.20. The van der Waals surface area contributed by atoms with Gasteiger partial charge in [0.05, 0.1) is 0 Å². The Balaban J connectivity index is 2.42. The number of alkyl halides is 1. The maximum Gasteiger partial charge on any atom is 0.126 e. The van der Waals surface area contributed by atoms with E-state index in [0.717, 1.165) is 22.6 Å². The van der Waals surface area contributed by atoms with Crippen LogP contribution in [0.5, 0.6) is 0 Å². The topological polar surface area (TPSA) is 38.9 Å². The number of nitrogen functional groups attached to an aromatic ring is 1. The molecule has 0 saturated heterocycles. The largest absolute Gasteiger partial charge is 0.383 e. The molecule has 0 amide bonds. The van der Waals surface area contributed by atoms with Crippen LogP contribution in [0, 0.1) is 0 Å². The van der Waals surface area contributed by atoms with Crippen LogP contribution in [0.1, 0.15) is 17.5 Å². The van der Waals surface area contributed by atoms with Crippen LogP contribution in [0.3, 0.4) is 0 Å². The number of hydrogen-bond acceptors (Lipinski definition) is 2. The summed E-state index contributed by atoms with van der Waals surface area (Å²) in [5, 5.41) is 0. The molecule has 0 aliphatic heterocycles. The van der Waals surface area contributed by atoms with Crippen molar-refractivity contribution < 1.29 is 0 Å². The van der Waals surface area contributed by atoms with Gasteiger partial charge in [-0.15, -0.1) is 0 Å². The SMILES string of the molecule is Nc1nccc2c1CCC(I)C2. The van der Waals surface area contributed by atoms with Crippen molar-refractivity contribution in [3.05, 3.63) is 23.4 Å². The van der Waals surface area contributed by atoms with E-state index in [-0.39, 0.29) is 0 Å². The van der Waals surface area contributed by atoms with E-state index in [4.69, 9.17) is 5.73 Å². The van der Waals surface area contributed by atoms with Crippen LogP contribution in [0.4, 0.5) is 5.82 Å². The van der Waals surface area contributed by atoms with Crippen LogP contribution >= 0.6 is 22.6 Å². The second-order valence-corrected chi connectivity index (χ2v) is 4.94. The van der Waals surface area contributed by atoms with E-state index in [0.29, 0.717) is 0 Å². The van der Waals surface area contributed by atoms with Gasteiger partial charge in [0.1, 0.15) is 5.82 Å². The Bertz CT molecular complexity index is 299. The summed E-state index contributed by atoms with van der Waals surface area (Å²) in [5.41, 5.74) is 8.45. The third kappa shape index (κ3) is 1.42. The zero-order valence-corrected chi connectivity index (χ0v) is 8.91. The van der Waals surface area contributed by atoms with Crippen LogP contribution in [-0.4, -0.2) is 8.91 Å². The fraction of sp³-hybridized carbons (Fsp3) is 0.444. The number of nitrogens with zero attached hydrogens (tertiary/aromatic N) is 1. The molecule has 0 radical (unpaired) electrons. The Morgan fingerprint density at radius 3 is 3.25 bits per heavy atom. The highest BCUT2D eigenvalue weighted by Crippen LogP contribution is 2.28. The summed E-state index contributed by atoms with van der Waals surface area (Å²) in [6.07, 6.45) is 5.30. The summed E-state index contributed by atoms with van der Waals surface area (Å²) in [7, 11) is 0. The average molecular weight is 274 g/mol. The molecule has 0 bridgehead atoms. The number of halogens is 1. The first kappa shape index (κ1) is 8.29. The van der Waals surface area contributed by atoms with E-state index in [2.05, 4.69) is 33.6 Å². The standard InChI is InChI=1S/C9H11IN2/c10-7-1-2-8-6(5-7)3-4-12-9(8)11/h3-4,7H,1-2,5H2,(H2,11,12). The zero-order valence-electron chi connectivity index (χ0n) is 6.76. The Morgan fingerprint density at radius 1 is 1.58 bits per heavy atom. The van der Waals surface area contributed by atoms with Gasteiger partial charge in [0.15, 0.2) is 0 Å². The van der Waals surface area contributed by atoms with Gasteiger partial charge in [0, 0.05) is 10.1 Å². The molecule has 64 valence electrons. The lowest BCUT2D eigenvalue weighted by atomic mass is 9.93. The molecule has 0 spiro atoms. The number of nitrogens with two attached hydrogens (primary N) is 1. The van der Waals surface area contributed by atoms with Crippen molar-refractivity contribution in [2.24, 2.45) is 0 Å². The minimum atomic E-state index is 0.732. The second kappa shape index (κ2) is 3.20. The van der Waals surface area contributed by atoms with Gasteiger partial charge in [0.25, 0.3) is 0 Å². The molecule has 2 rings (SSSR count). The number of aromatic nitrogens is 1. The predicted molar refractivity (Wildman–Crippen MR) is 58.5 cm³/mol. The van der Waals surface area contributed by atoms with Gasteiger partial charge in [-0.2, -0.15) is 0 Å². The summed E-state index contributed by atoms with van der Waals surface area (Å²) in [5.74, 6) is 0.732. The Labute approximate surface area is 85.7 Å². The minimum absolute atomic E-state index is 0.732. The molecular weight excluding hydrogens is 263 g/mol. The first-order valence-electron chi connectivity index (χ1n) is 4.13. The summed E-state index contributed by atoms with van der Waals surface area (Å²) in [4.78, 5) is 4.09. The fourth-order valence-corrected chi connectivity index (χ4v) is 2.46. The molecule has 2 nitrogen and oxygen atoms in total. The summed E-state index contributed by atoms with van der Waals surface area (Å²) >= 11 is 2.50. The molecule has 12 heavy (non-hydrogen) atoms. The molecule has 1 unspecified atom stereocenters. The highest BCUT2D eigenvalue weighted by atomic mass is 127. The highest BCUT2D eigenvalue weighted by molar-refractivity contribution is 14.1. The normalized spacial score (nSPS) is 21.9. The number of fused-ring (bicyclic) bond motifs is 1. The molecule has 1 atom stereocenters. The van der Waals surface area contributed by atoms with Crippen LogP contribution in [-0.2, 0) is 12.8 Å². The summed E-state index contributed by atoms with van der Waals surface area (Å²) in [6, 6.07) is 2.09. The van der Waals surface area contributed by atoms with Crippen LogP contribution < -0.4 is 5.73 Å². The van der Waals surface area contributed by atoms with E-state index in [1.54, 1.807) is 0 Å². The maximum absolute atomic E-state index is 5.77. The van der Waals surface area contributed by atoms with Crippen molar-refractivity contribution in [2.75, 3.05) is 5.73 Å². The third-order valence-corrected chi connectivity index (χ3v) is 3.40. The minimum Gasteiger partial charge on any atom is -0.383 e. The molecule has 0 aromatic carbocycles. The molecule has 3 heteroatoms. The van der Waals surface area contributed by atoms with Gasteiger partial charge in [-0.05, 0) is 36.5 Å². The number of hydrogen-bond donors (Lipinski definition) is 1. The Hall–Kier alpha value is -0.320. The average Bonchev–Trinajstić information content (AvgIpc) is 2.04. The first-order valence-corrected chi connectivity index (χ1v) is 5.38. The van der Waals surface area contributed by atoms with E-state index in [9.17, 15) is 0 Å². The molecule has 1 aromatic rings. The first-order chi connectivity index (χ1) is 5.77. The van der Waals surface area contributed by atoms with Crippen molar-refractivity contribution in [3.8, 4) is 0 Å². The van der Waals surface area contributed by atoms with Crippen molar-refractivity contribution in [1.29, 1.82) is 0 Å². The van der Waals surface area contributed by atoms with Gasteiger partial charge in [-0.3, -0.25) is 0 Å². The lowest BCUT2D eigenvalue weighted by Crippen LogP contribution is -2.15. The van der Waals surface area contributed by atoms with Gasteiger partial charge < -0.3 is 5.73 Å². The third-order valence-electron chi connectivity index (χ3n) is 2.34. The molecule has 1 heterocycles. The molecular formula is C9H11IN2. The van der Waals surface area contributed by atoms with Crippen molar-refractivity contribution in [2.45, 2.75) is 23.2 Å². The van der Waals surface area contributed by atoms with E-state index >= 15 is 0 Å². The molecule has 0 saturated carbocycles. The Kier molecular flexibility index (Phi) is 2.21. The lowest BCUT2D eigenvalue weighted by molar-refractivity contribution is 0.721. The molecule has 0 fully saturated rings. The van der Waals surface area contributed by atoms with E-state index in [1.807, 2.05) is 6.20 Å². The molecule has 1 aromatic heterocycles. The smallest absolute Gasteiger partial charge is 0.126 e. The predicted octanol–water partition coefficient (Wildman–Crippen LogP) is 1.96. The van der Waals surface area contributed by atoms with Crippen LogP contribution in [0.2, 0.25) is 0 Å². The quantitative estimate of drug-likeness (QED) is 0.580. The van der Waals surface area contributed by atoms with Gasteiger partial charge in [0.2, 0.25) is 0 Å². The van der Waals surface area contributed by atoms with Crippen molar-refractivity contribution >= 4 is 28.4 Å². The number of rotatable bonds is 0.